The van der Waals surface area contributed by atoms with Crippen molar-refractivity contribution in [1.82, 2.24) is 0 Å². The minimum absolute atomic E-state index is 0.455. The average Bonchev–Trinajstić information content (AvgIpc) is 3.26. The minimum atomic E-state index is 0.455. The zero-order valence-electron chi connectivity index (χ0n) is 33.0. The fourth-order valence-corrected chi connectivity index (χ4v) is 9.62. The molecule has 0 saturated heterocycles. The monoisotopic (exact) mass is 698 g/mol. The Bertz CT molecular complexity index is 2610. The average molecular weight is 699 g/mol. The third-order valence-corrected chi connectivity index (χ3v) is 11.4. The summed E-state index contributed by atoms with van der Waals surface area (Å²) in [5.41, 5.74) is 8.78. The van der Waals surface area contributed by atoms with Crippen LogP contribution in [0.1, 0.15) is 61.0 Å². The number of rotatable bonds is 0. The predicted molar refractivity (Wildman–Crippen MR) is 241 cm³/mol. The summed E-state index contributed by atoms with van der Waals surface area (Å²) in [6.45, 7) is 16.0. The van der Waals surface area contributed by atoms with E-state index in [1.165, 1.54) is 103 Å². The summed E-state index contributed by atoms with van der Waals surface area (Å²) in [5.74, 6) is 0.909. The van der Waals surface area contributed by atoms with Crippen LogP contribution in [-0.4, -0.2) is 0 Å². The van der Waals surface area contributed by atoms with Crippen LogP contribution >= 0.6 is 0 Å². The van der Waals surface area contributed by atoms with E-state index in [1.807, 2.05) is 55.4 Å². The summed E-state index contributed by atoms with van der Waals surface area (Å²) < 4.78 is 0. The number of hydrogen-bond acceptors (Lipinski definition) is 0. The first-order chi connectivity index (χ1) is 26.8. The van der Waals surface area contributed by atoms with Crippen molar-refractivity contribution in [3.8, 4) is 0 Å². The summed E-state index contributed by atoms with van der Waals surface area (Å²) in [6.07, 6.45) is 20.7. The van der Waals surface area contributed by atoms with E-state index in [9.17, 15) is 0 Å². The van der Waals surface area contributed by atoms with Crippen LogP contribution < -0.4 is 10.4 Å². The van der Waals surface area contributed by atoms with Crippen LogP contribution in [0.3, 0.4) is 0 Å². The Labute approximate surface area is 320 Å². The lowest BCUT2D eigenvalue weighted by Gasteiger charge is -2.41. The molecule has 5 aliphatic carbocycles. The molecule has 0 fully saturated rings. The molecule has 0 nitrogen and oxygen atoms in total. The molecule has 8 aromatic rings. The van der Waals surface area contributed by atoms with Gasteiger partial charge in [0.05, 0.1) is 0 Å². The van der Waals surface area contributed by atoms with E-state index in [0.29, 0.717) is 11.8 Å². The van der Waals surface area contributed by atoms with E-state index in [2.05, 4.69) is 146 Å². The lowest BCUT2D eigenvalue weighted by atomic mass is 9.62. The third-order valence-electron chi connectivity index (χ3n) is 11.4. The molecule has 0 aliphatic heterocycles. The first-order valence-corrected chi connectivity index (χ1v) is 20.4. The smallest absolute Gasteiger partial charge is 0.0318 e. The zero-order chi connectivity index (χ0) is 37.7. The molecular formula is C54H50. The van der Waals surface area contributed by atoms with E-state index < -0.39 is 0 Å². The molecule has 0 aromatic heterocycles. The summed E-state index contributed by atoms with van der Waals surface area (Å²) >= 11 is 0. The molecule has 0 heterocycles. The van der Waals surface area contributed by atoms with E-state index in [1.54, 1.807) is 5.57 Å². The Kier molecular flexibility index (Phi) is 9.32. The molecule has 13 rings (SSSR count). The van der Waals surface area contributed by atoms with Crippen LogP contribution in [0.5, 0.6) is 0 Å². The largest absolute Gasteiger partial charge is 0.0683 e. The van der Waals surface area contributed by atoms with Gasteiger partial charge in [0.25, 0.3) is 0 Å². The van der Waals surface area contributed by atoms with E-state index >= 15 is 0 Å². The molecule has 8 aromatic carbocycles. The molecule has 5 aliphatic rings. The van der Waals surface area contributed by atoms with Gasteiger partial charge in [-0.2, -0.15) is 0 Å². The lowest BCUT2D eigenvalue weighted by molar-refractivity contribution is 0.788. The molecule has 0 spiro atoms. The van der Waals surface area contributed by atoms with Gasteiger partial charge in [-0.1, -0.05) is 201 Å². The fraction of sp³-hybridized carbons (Fsp3) is 0.185. The topological polar surface area (TPSA) is 0 Å². The maximum absolute atomic E-state index is 2.41. The molecule has 266 valence electrons. The third kappa shape index (κ3) is 4.96. The van der Waals surface area contributed by atoms with E-state index in [-0.39, 0.29) is 0 Å². The molecule has 2 unspecified atom stereocenters. The van der Waals surface area contributed by atoms with Gasteiger partial charge in [0.15, 0.2) is 0 Å². The molecule has 2 atom stereocenters. The Morgan fingerprint density at radius 2 is 0.704 bits per heavy atom. The molecule has 0 amide bonds. The fourth-order valence-electron chi connectivity index (χ4n) is 9.62. The highest BCUT2D eigenvalue weighted by Crippen LogP contribution is 2.51. The second-order valence-corrected chi connectivity index (χ2v) is 13.6. The van der Waals surface area contributed by atoms with Crippen molar-refractivity contribution in [2.24, 2.45) is 11.8 Å². The summed E-state index contributed by atoms with van der Waals surface area (Å²) in [6, 6.07) is 34.0. The highest BCUT2D eigenvalue weighted by molar-refractivity contribution is 6.44. The van der Waals surface area contributed by atoms with Gasteiger partial charge in [0, 0.05) is 11.8 Å². The van der Waals surface area contributed by atoms with Crippen LogP contribution in [0, 0.1) is 11.8 Å². The molecule has 0 heteroatoms. The highest BCUT2D eigenvalue weighted by atomic mass is 14.4. The van der Waals surface area contributed by atoms with Gasteiger partial charge in [-0.15, -0.1) is 0 Å². The molecule has 0 bridgehead atoms. The van der Waals surface area contributed by atoms with Gasteiger partial charge in [0.2, 0.25) is 0 Å². The Balaban J connectivity index is 0.000000130. The summed E-state index contributed by atoms with van der Waals surface area (Å²) in [5, 5.41) is 19.6. The zero-order valence-corrected chi connectivity index (χ0v) is 33.0. The van der Waals surface area contributed by atoms with Crippen LogP contribution in [0.2, 0.25) is 0 Å². The van der Waals surface area contributed by atoms with Crippen molar-refractivity contribution in [2.75, 3.05) is 0 Å². The minimum Gasteiger partial charge on any atom is -0.0683 e. The second-order valence-electron chi connectivity index (χ2n) is 13.6. The first kappa shape index (κ1) is 35.3. The van der Waals surface area contributed by atoms with Gasteiger partial charge >= 0.3 is 0 Å². The van der Waals surface area contributed by atoms with Gasteiger partial charge in [0.1, 0.15) is 0 Å². The molecule has 0 saturated carbocycles. The quantitative estimate of drug-likeness (QED) is 0.109. The Morgan fingerprint density at radius 1 is 0.352 bits per heavy atom. The maximum atomic E-state index is 2.41. The van der Waals surface area contributed by atoms with Gasteiger partial charge in [-0.25, -0.2) is 0 Å². The standard InChI is InChI=1S/C24H12.C22H14.4C2H6/c1-2-14-5-6-16-9-11-18-12-10-17-8-7-15-4-3-13(1)19-20(14)22(16)24(18)23(17)21(15)19;1-4-13-10-15-6-2-8-17-12-18-9-3-7-16-11-14(5-1)19(13)22(20(15)17)21(16)18;4*1-2/h1-12H;1-12,19-20H;4*1-2H3. The van der Waals surface area contributed by atoms with Crippen molar-refractivity contribution in [1.29, 1.82) is 0 Å². The number of benzene rings is 8. The predicted octanol–water partition coefficient (Wildman–Crippen LogP) is 14.2. The van der Waals surface area contributed by atoms with Crippen molar-refractivity contribution in [3.63, 3.8) is 0 Å². The van der Waals surface area contributed by atoms with Gasteiger partial charge in [-0.05, 0) is 109 Å². The van der Waals surface area contributed by atoms with Crippen LogP contribution in [0.25, 0.3) is 82.4 Å². The first-order valence-electron chi connectivity index (χ1n) is 20.4. The van der Waals surface area contributed by atoms with E-state index in [4.69, 9.17) is 0 Å². The number of hydrogen-bond donors (Lipinski definition) is 0. The SMILES string of the molecule is C1=CC2=CC3=CC=CC4=Cc5cccc6c5=C(C2C(=C1)C=6)C34.CC.CC.CC.CC.c1cc2ccc3ccc4ccc5ccc6ccc1c1c2c3c4c5c61. The highest BCUT2D eigenvalue weighted by Gasteiger charge is 2.39. The number of allylic oxidation sites excluding steroid dienone is 11. The summed E-state index contributed by atoms with van der Waals surface area (Å²) in [4.78, 5) is 0. The normalized spacial score (nSPS) is 17.7. The van der Waals surface area contributed by atoms with Gasteiger partial charge < -0.3 is 0 Å². The van der Waals surface area contributed by atoms with E-state index in [0.717, 1.165) is 0 Å². The van der Waals surface area contributed by atoms with Crippen molar-refractivity contribution in [2.45, 2.75) is 55.4 Å². The molecule has 54 heavy (non-hydrogen) atoms. The van der Waals surface area contributed by atoms with Crippen LogP contribution in [-0.2, 0) is 0 Å². The van der Waals surface area contributed by atoms with Gasteiger partial charge in [-0.3, -0.25) is 0 Å². The second kappa shape index (κ2) is 14.3. The van der Waals surface area contributed by atoms with Crippen molar-refractivity contribution >= 4 is 82.4 Å². The van der Waals surface area contributed by atoms with Crippen molar-refractivity contribution < 1.29 is 0 Å². The Morgan fingerprint density at radius 3 is 1.09 bits per heavy atom. The summed E-state index contributed by atoms with van der Waals surface area (Å²) in [7, 11) is 0. The van der Waals surface area contributed by atoms with Crippen LogP contribution in [0.4, 0.5) is 0 Å². The van der Waals surface area contributed by atoms with Crippen molar-refractivity contribution in [3.05, 3.63) is 172 Å². The molecular weight excluding hydrogens is 649 g/mol. The molecule has 0 radical (unpaired) electrons. The molecule has 0 N–H and O–H groups in total. The Hall–Kier alpha value is -5.72. The maximum Gasteiger partial charge on any atom is 0.0318 e. The van der Waals surface area contributed by atoms with Crippen LogP contribution in [0.15, 0.2) is 156 Å². The lowest BCUT2D eigenvalue weighted by Crippen LogP contribution is -2.42.